The molecule has 2 heterocycles. The van der Waals surface area contributed by atoms with Gasteiger partial charge in [-0.05, 0) is 31.6 Å². The molecule has 2 aliphatic rings. The summed E-state index contributed by atoms with van der Waals surface area (Å²) in [6.45, 7) is 0.864. The number of aryl methyl sites for hydroxylation is 1. The SMILES string of the molecule is Cn1cc(C(NN)C2CCOC3(CCCC3)C2)cn1. The quantitative estimate of drug-likeness (QED) is 0.644. The van der Waals surface area contributed by atoms with Crippen LogP contribution in [0.25, 0.3) is 0 Å². The predicted molar refractivity (Wildman–Crippen MR) is 73.1 cm³/mol. The lowest BCUT2D eigenvalue weighted by Gasteiger charge is -2.41. The molecule has 1 saturated heterocycles. The van der Waals surface area contributed by atoms with E-state index in [1.54, 1.807) is 0 Å². The summed E-state index contributed by atoms with van der Waals surface area (Å²) >= 11 is 0. The van der Waals surface area contributed by atoms with Crippen molar-refractivity contribution in [2.45, 2.75) is 50.2 Å². The summed E-state index contributed by atoms with van der Waals surface area (Å²) in [5.74, 6) is 6.35. The molecule has 1 spiro atoms. The lowest BCUT2D eigenvalue weighted by atomic mass is 9.79. The van der Waals surface area contributed by atoms with Crippen molar-refractivity contribution in [3.05, 3.63) is 18.0 Å². The van der Waals surface area contributed by atoms with Crippen LogP contribution < -0.4 is 11.3 Å². The van der Waals surface area contributed by atoms with Gasteiger partial charge in [0.05, 0.1) is 17.8 Å². The van der Waals surface area contributed by atoms with E-state index in [2.05, 4.69) is 16.7 Å². The third kappa shape index (κ3) is 2.55. The highest BCUT2D eigenvalue weighted by Crippen LogP contribution is 2.45. The molecule has 1 aliphatic heterocycles. The Hall–Kier alpha value is -0.910. The first-order valence-corrected chi connectivity index (χ1v) is 7.31. The van der Waals surface area contributed by atoms with Crippen molar-refractivity contribution in [1.29, 1.82) is 0 Å². The van der Waals surface area contributed by atoms with Crippen LogP contribution in [0.3, 0.4) is 0 Å². The van der Waals surface area contributed by atoms with Gasteiger partial charge in [-0.15, -0.1) is 0 Å². The standard InChI is InChI=1S/C14H24N4O/c1-18-10-12(9-16-18)13(17-15)11-4-7-19-14(8-11)5-2-3-6-14/h9-11,13,17H,2-8,15H2,1H3. The van der Waals surface area contributed by atoms with Gasteiger partial charge in [0.15, 0.2) is 0 Å². The monoisotopic (exact) mass is 264 g/mol. The third-order valence-electron chi connectivity index (χ3n) is 4.78. The Bertz CT molecular complexity index is 425. The van der Waals surface area contributed by atoms with Crippen molar-refractivity contribution in [3.8, 4) is 0 Å². The van der Waals surface area contributed by atoms with E-state index in [4.69, 9.17) is 10.6 Å². The lowest BCUT2D eigenvalue weighted by molar-refractivity contribution is -0.0982. The molecule has 2 fully saturated rings. The van der Waals surface area contributed by atoms with Crippen LogP contribution in [0, 0.1) is 5.92 Å². The fraction of sp³-hybridized carbons (Fsp3) is 0.786. The van der Waals surface area contributed by atoms with Crippen LogP contribution in [0.5, 0.6) is 0 Å². The van der Waals surface area contributed by atoms with E-state index in [0.717, 1.165) is 19.4 Å². The normalized spacial score (nSPS) is 27.8. The largest absolute Gasteiger partial charge is 0.375 e. The predicted octanol–water partition coefficient (Wildman–Crippen LogP) is 1.66. The summed E-state index contributed by atoms with van der Waals surface area (Å²) in [6, 6.07) is 0.190. The molecule has 0 amide bonds. The van der Waals surface area contributed by atoms with Gasteiger partial charge in [-0.1, -0.05) is 12.8 Å². The topological polar surface area (TPSA) is 65.1 Å². The van der Waals surface area contributed by atoms with Crippen molar-refractivity contribution in [3.63, 3.8) is 0 Å². The van der Waals surface area contributed by atoms with Crippen LogP contribution in [-0.2, 0) is 11.8 Å². The fourth-order valence-electron chi connectivity index (χ4n) is 3.82. The molecule has 19 heavy (non-hydrogen) atoms. The van der Waals surface area contributed by atoms with Crippen LogP contribution in [-0.4, -0.2) is 22.0 Å². The van der Waals surface area contributed by atoms with Gasteiger partial charge in [0.2, 0.25) is 0 Å². The van der Waals surface area contributed by atoms with Gasteiger partial charge in [0.1, 0.15) is 0 Å². The highest BCUT2D eigenvalue weighted by atomic mass is 16.5. The number of nitrogens with zero attached hydrogens (tertiary/aromatic N) is 2. The highest BCUT2D eigenvalue weighted by molar-refractivity contribution is 5.12. The molecule has 5 nitrogen and oxygen atoms in total. The van der Waals surface area contributed by atoms with E-state index in [9.17, 15) is 0 Å². The maximum atomic E-state index is 6.10. The minimum atomic E-state index is 0.139. The number of ether oxygens (including phenoxy) is 1. The first-order valence-electron chi connectivity index (χ1n) is 7.31. The molecule has 1 aromatic rings. The van der Waals surface area contributed by atoms with E-state index in [1.165, 1.54) is 31.2 Å². The number of aromatic nitrogens is 2. The number of hydrazine groups is 1. The highest BCUT2D eigenvalue weighted by Gasteiger charge is 2.42. The molecule has 106 valence electrons. The second-order valence-corrected chi connectivity index (χ2v) is 6.08. The van der Waals surface area contributed by atoms with E-state index < -0.39 is 0 Å². The van der Waals surface area contributed by atoms with Gasteiger partial charge in [-0.3, -0.25) is 16.0 Å². The zero-order valence-electron chi connectivity index (χ0n) is 11.6. The molecule has 1 aromatic heterocycles. The van der Waals surface area contributed by atoms with Crippen LogP contribution in [0.15, 0.2) is 12.4 Å². The second-order valence-electron chi connectivity index (χ2n) is 6.08. The summed E-state index contributed by atoms with van der Waals surface area (Å²) in [4.78, 5) is 0. The Kier molecular flexibility index (Phi) is 3.60. The number of hydrogen-bond donors (Lipinski definition) is 2. The maximum Gasteiger partial charge on any atom is 0.0686 e. The van der Waals surface area contributed by atoms with Crippen LogP contribution in [0.1, 0.15) is 50.1 Å². The summed E-state index contributed by atoms with van der Waals surface area (Å²) in [7, 11) is 1.94. The van der Waals surface area contributed by atoms with Gasteiger partial charge in [-0.2, -0.15) is 5.10 Å². The first kappa shape index (κ1) is 13.1. The first-order chi connectivity index (χ1) is 9.22. The number of nitrogens with one attached hydrogen (secondary N) is 1. The summed E-state index contributed by atoms with van der Waals surface area (Å²) in [5.41, 5.74) is 4.32. The number of rotatable bonds is 3. The van der Waals surface area contributed by atoms with Crippen molar-refractivity contribution >= 4 is 0 Å². The van der Waals surface area contributed by atoms with Crippen molar-refractivity contribution in [2.24, 2.45) is 18.8 Å². The lowest BCUT2D eigenvalue weighted by Crippen LogP contribution is -2.43. The Balaban J connectivity index is 1.76. The average Bonchev–Trinajstić information content (AvgIpc) is 3.01. The summed E-state index contributed by atoms with van der Waals surface area (Å²) in [5, 5.41) is 4.26. The Morgan fingerprint density at radius 3 is 2.95 bits per heavy atom. The van der Waals surface area contributed by atoms with Gasteiger partial charge in [0, 0.05) is 25.4 Å². The molecule has 0 aromatic carbocycles. The minimum Gasteiger partial charge on any atom is -0.375 e. The molecule has 1 saturated carbocycles. The molecular weight excluding hydrogens is 240 g/mol. The molecule has 0 radical (unpaired) electrons. The molecule has 0 bridgehead atoms. The van der Waals surface area contributed by atoms with Crippen molar-refractivity contribution < 1.29 is 4.74 Å². The van der Waals surface area contributed by atoms with E-state index in [0.29, 0.717) is 5.92 Å². The van der Waals surface area contributed by atoms with E-state index in [-0.39, 0.29) is 11.6 Å². The maximum absolute atomic E-state index is 6.10. The van der Waals surface area contributed by atoms with Gasteiger partial charge >= 0.3 is 0 Å². The molecule has 2 unspecified atom stereocenters. The Morgan fingerprint density at radius 2 is 2.32 bits per heavy atom. The Morgan fingerprint density at radius 1 is 1.53 bits per heavy atom. The molecule has 1 aliphatic carbocycles. The minimum absolute atomic E-state index is 0.139. The third-order valence-corrected chi connectivity index (χ3v) is 4.78. The molecule has 5 heteroatoms. The zero-order chi connectivity index (χ0) is 13.3. The number of hydrogen-bond acceptors (Lipinski definition) is 4. The van der Waals surface area contributed by atoms with Crippen LogP contribution in [0.4, 0.5) is 0 Å². The zero-order valence-corrected chi connectivity index (χ0v) is 11.6. The Labute approximate surface area is 114 Å². The van der Waals surface area contributed by atoms with Gasteiger partial charge < -0.3 is 4.74 Å². The molecule has 3 N–H and O–H groups in total. The molecule has 3 rings (SSSR count). The van der Waals surface area contributed by atoms with Crippen molar-refractivity contribution in [2.75, 3.05) is 6.61 Å². The van der Waals surface area contributed by atoms with E-state index in [1.807, 2.05) is 17.9 Å². The second kappa shape index (κ2) is 5.23. The molecular formula is C14H24N4O. The van der Waals surface area contributed by atoms with Crippen LogP contribution in [0.2, 0.25) is 0 Å². The van der Waals surface area contributed by atoms with E-state index >= 15 is 0 Å². The summed E-state index contributed by atoms with van der Waals surface area (Å²) < 4.78 is 7.94. The fourth-order valence-corrected chi connectivity index (χ4v) is 3.82. The number of nitrogens with two attached hydrogens (primary N) is 1. The smallest absolute Gasteiger partial charge is 0.0686 e. The van der Waals surface area contributed by atoms with Gasteiger partial charge in [-0.25, -0.2) is 0 Å². The molecule has 2 atom stereocenters. The van der Waals surface area contributed by atoms with Crippen LogP contribution >= 0.6 is 0 Å². The summed E-state index contributed by atoms with van der Waals surface area (Å²) in [6.07, 6.45) is 11.2. The van der Waals surface area contributed by atoms with Crippen molar-refractivity contribution in [1.82, 2.24) is 15.2 Å². The average molecular weight is 264 g/mol. The van der Waals surface area contributed by atoms with Gasteiger partial charge in [0.25, 0.3) is 0 Å².